The Morgan fingerprint density at radius 2 is 1.13 bits per heavy atom. The van der Waals surface area contributed by atoms with Crippen LogP contribution in [0.3, 0.4) is 0 Å². The molecule has 4 rings (SSSR count). The van der Waals surface area contributed by atoms with E-state index in [2.05, 4.69) is 49.7 Å². The van der Waals surface area contributed by atoms with E-state index in [9.17, 15) is 14.4 Å². The normalized spacial score (nSPS) is 12.7. The van der Waals surface area contributed by atoms with Gasteiger partial charge >= 0.3 is 6.09 Å². The summed E-state index contributed by atoms with van der Waals surface area (Å²) < 4.78 is 11.4. The number of hydrogen-bond donors (Lipinski definition) is 5. The quantitative estimate of drug-likeness (QED) is 0.0609. The van der Waals surface area contributed by atoms with Crippen molar-refractivity contribution in [1.29, 1.82) is 0 Å². The zero-order chi connectivity index (χ0) is 39.3. The van der Waals surface area contributed by atoms with Crippen LogP contribution in [0.2, 0.25) is 0 Å². The third kappa shape index (κ3) is 13.4. The highest BCUT2D eigenvalue weighted by Gasteiger charge is 2.26. The van der Waals surface area contributed by atoms with Gasteiger partial charge in [-0.2, -0.15) is 0 Å². The highest BCUT2D eigenvalue weighted by atomic mass is 16.6. The molecular formula is C42H59N7O5. The summed E-state index contributed by atoms with van der Waals surface area (Å²) in [6.45, 7) is 16.4. The lowest BCUT2D eigenvalue weighted by Gasteiger charge is -2.25. The summed E-state index contributed by atoms with van der Waals surface area (Å²) in [6.07, 6.45) is 8.12. The zero-order valence-corrected chi connectivity index (χ0v) is 33.2. The number of carbonyl (C=O) groups is 3. The molecule has 3 amide bonds. The fourth-order valence-corrected chi connectivity index (χ4v) is 5.61. The lowest BCUT2D eigenvalue weighted by Crippen LogP contribution is -2.51. The Morgan fingerprint density at radius 3 is 1.56 bits per heavy atom. The molecule has 0 aliphatic carbocycles. The van der Waals surface area contributed by atoms with E-state index in [1.54, 1.807) is 20.8 Å². The predicted molar refractivity (Wildman–Crippen MR) is 212 cm³/mol. The van der Waals surface area contributed by atoms with E-state index in [0.717, 1.165) is 84.2 Å². The van der Waals surface area contributed by atoms with Crippen molar-refractivity contribution in [3.05, 3.63) is 72.6 Å². The molecule has 12 heteroatoms. The largest absolute Gasteiger partial charge is 0.457 e. The first-order valence-electron chi connectivity index (χ1n) is 19.2. The molecule has 0 saturated carbocycles. The van der Waals surface area contributed by atoms with Crippen molar-refractivity contribution < 1.29 is 23.9 Å². The number of aromatic nitrogens is 4. The van der Waals surface area contributed by atoms with E-state index in [4.69, 9.17) is 9.47 Å². The summed E-state index contributed by atoms with van der Waals surface area (Å²) in [5.41, 5.74) is 3.27. The van der Waals surface area contributed by atoms with Crippen LogP contribution < -0.4 is 20.7 Å². The Hall–Kier alpha value is -5.13. The van der Waals surface area contributed by atoms with E-state index >= 15 is 0 Å². The molecule has 2 aromatic carbocycles. The number of aryl methyl sites for hydroxylation is 2. The maximum absolute atomic E-state index is 12.7. The van der Waals surface area contributed by atoms with Crippen LogP contribution in [-0.2, 0) is 27.2 Å². The van der Waals surface area contributed by atoms with Crippen molar-refractivity contribution in [2.45, 2.75) is 106 Å². The van der Waals surface area contributed by atoms with E-state index in [1.165, 1.54) is 0 Å². The number of rotatable bonds is 19. The minimum absolute atomic E-state index is 0.0271. The van der Waals surface area contributed by atoms with Crippen molar-refractivity contribution in [2.75, 3.05) is 13.1 Å². The van der Waals surface area contributed by atoms with Gasteiger partial charge in [-0.15, -0.1) is 0 Å². The molecule has 0 radical (unpaired) electrons. The second-order valence-electron chi connectivity index (χ2n) is 15.5. The van der Waals surface area contributed by atoms with Crippen LogP contribution in [0.25, 0.3) is 22.5 Å². The van der Waals surface area contributed by atoms with Crippen molar-refractivity contribution in [3.8, 4) is 34.0 Å². The van der Waals surface area contributed by atoms with Gasteiger partial charge in [0.1, 0.15) is 34.8 Å². The number of benzene rings is 2. The molecule has 12 nitrogen and oxygen atoms in total. The van der Waals surface area contributed by atoms with E-state index in [-0.39, 0.29) is 23.7 Å². The summed E-state index contributed by atoms with van der Waals surface area (Å²) in [7, 11) is 0. The van der Waals surface area contributed by atoms with Gasteiger partial charge in [-0.3, -0.25) is 9.59 Å². The first kappa shape index (κ1) is 41.6. The maximum Gasteiger partial charge on any atom is 0.408 e. The fourth-order valence-electron chi connectivity index (χ4n) is 5.61. The van der Waals surface area contributed by atoms with Crippen LogP contribution in [-0.4, -0.2) is 62.6 Å². The monoisotopic (exact) mass is 741 g/mol. The lowest BCUT2D eigenvalue weighted by atomic mass is 9.97. The molecule has 0 aliphatic heterocycles. The van der Waals surface area contributed by atoms with Gasteiger partial charge in [-0.25, -0.2) is 14.8 Å². The van der Waals surface area contributed by atoms with Crippen LogP contribution in [0.15, 0.2) is 60.9 Å². The maximum atomic E-state index is 12.7. The molecule has 2 atom stereocenters. The molecule has 54 heavy (non-hydrogen) atoms. The summed E-state index contributed by atoms with van der Waals surface area (Å²) in [6, 6.07) is 15.1. The van der Waals surface area contributed by atoms with Crippen LogP contribution >= 0.6 is 0 Å². The lowest BCUT2D eigenvalue weighted by molar-refractivity contribution is -0.126. The smallest absolute Gasteiger partial charge is 0.408 e. The van der Waals surface area contributed by atoms with Crippen LogP contribution in [0.4, 0.5) is 4.79 Å². The Morgan fingerprint density at radius 1 is 0.667 bits per heavy atom. The molecule has 4 aromatic rings. The van der Waals surface area contributed by atoms with Crippen molar-refractivity contribution in [2.24, 2.45) is 17.8 Å². The number of nitrogens with one attached hydrogen (secondary N) is 5. The predicted octanol–water partition coefficient (Wildman–Crippen LogP) is 7.98. The molecule has 2 unspecified atom stereocenters. The SMILES string of the molecule is CC(C)C(C)C(=O)NCCCCc1ncc(-c2ccc(Oc3ccc(-c4cnc(CCCCNC(=O)C(NC(=O)OC(C)(C)C)C(C)C)[nH]4)cc3)cc2)[nH]1. The van der Waals surface area contributed by atoms with E-state index < -0.39 is 17.7 Å². The molecule has 0 spiro atoms. The summed E-state index contributed by atoms with van der Waals surface area (Å²) >= 11 is 0. The third-order valence-corrected chi connectivity index (χ3v) is 9.14. The van der Waals surface area contributed by atoms with Gasteiger partial charge in [-0.05, 0) is 118 Å². The summed E-state index contributed by atoms with van der Waals surface area (Å²) in [4.78, 5) is 52.9. The summed E-state index contributed by atoms with van der Waals surface area (Å²) in [5, 5.41) is 8.66. The van der Waals surface area contributed by atoms with E-state index in [0.29, 0.717) is 19.0 Å². The van der Waals surface area contributed by atoms with Crippen molar-refractivity contribution in [1.82, 2.24) is 35.9 Å². The molecule has 0 aliphatic rings. The number of aromatic amines is 2. The van der Waals surface area contributed by atoms with Crippen LogP contribution in [0, 0.1) is 17.8 Å². The van der Waals surface area contributed by atoms with Gasteiger partial charge in [0.25, 0.3) is 0 Å². The average Bonchev–Trinajstić information content (AvgIpc) is 3.80. The summed E-state index contributed by atoms with van der Waals surface area (Å²) in [5.74, 6) is 3.47. The molecule has 2 heterocycles. The number of hydrogen-bond acceptors (Lipinski definition) is 7. The van der Waals surface area contributed by atoms with E-state index in [1.807, 2.05) is 81.7 Å². The highest BCUT2D eigenvalue weighted by molar-refractivity contribution is 5.85. The van der Waals surface area contributed by atoms with Crippen LogP contribution in [0.5, 0.6) is 11.5 Å². The Kier molecular flexibility index (Phi) is 15.3. The van der Waals surface area contributed by atoms with Crippen molar-refractivity contribution in [3.63, 3.8) is 0 Å². The zero-order valence-electron chi connectivity index (χ0n) is 33.2. The Balaban J connectivity index is 1.16. The number of unbranched alkanes of at least 4 members (excludes halogenated alkanes) is 2. The van der Waals surface area contributed by atoms with Gasteiger partial charge < -0.3 is 35.4 Å². The minimum atomic E-state index is -0.667. The minimum Gasteiger partial charge on any atom is -0.457 e. The number of nitrogens with zero attached hydrogens (tertiary/aromatic N) is 2. The molecule has 0 saturated heterocycles. The first-order valence-corrected chi connectivity index (χ1v) is 19.2. The first-order chi connectivity index (χ1) is 25.7. The number of imidazole rings is 2. The molecule has 292 valence electrons. The van der Waals surface area contributed by atoms with Crippen molar-refractivity contribution >= 4 is 17.9 Å². The molecular weight excluding hydrogens is 683 g/mol. The second-order valence-corrected chi connectivity index (χ2v) is 15.5. The number of carbonyl (C=O) groups excluding carboxylic acids is 3. The number of ether oxygens (including phenoxy) is 2. The fraction of sp³-hybridized carbons (Fsp3) is 0.500. The van der Waals surface area contributed by atoms with Gasteiger partial charge in [0, 0.05) is 31.8 Å². The second kappa shape index (κ2) is 19.8. The highest BCUT2D eigenvalue weighted by Crippen LogP contribution is 2.27. The molecule has 5 N–H and O–H groups in total. The average molecular weight is 742 g/mol. The topological polar surface area (TPSA) is 163 Å². The van der Waals surface area contributed by atoms with Gasteiger partial charge in [0.05, 0.1) is 23.8 Å². The standard InChI is InChI=1S/C42H59N7O5/c1-27(2)29(5)39(50)43-23-11-9-13-36-45-25-34(47-36)30-15-19-32(20-16-30)53-33-21-17-31(18-22-33)35-26-46-37(48-35)14-10-12-24-44-40(51)38(28(3)4)49-41(52)54-42(6,7)8/h15-22,25-29,38H,9-14,23-24H2,1-8H3,(H,43,50)(H,44,51)(H,45,47)(H,46,48)(H,49,52). The third-order valence-electron chi connectivity index (χ3n) is 9.14. The number of amides is 3. The molecule has 0 fully saturated rings. The Labute approximate surface area is 320 Å². The number of alkyl carbamates (subject to hydrolysis) is 1. The number of H-pyrrole nitrogens is 2. The Bertz CT molecular complexity index is 1770. The van der Waals surface area contributed by atoms with Crippen LogP contribution in [0.1, 0.15) is 92.7 Å². The molecule has 0 bridgehead atoms. The van der Waals surface area contributed by atoms with Gasteiger partial charge in [0.2, 0.25) is 11.8 Å². The van der Waals surface area contributed by atoms with Gasteiger partial charge in [-0.1, -0.05) is 34.6 Å². The molecule has 2 aromatic heterocycles. The van der Waals surface area contributed by atoms with Gasteiger partial charge in [0.15, 0.2) is 0 Å².